The summed E-state index contributed by atoms with van der Waals surface area (Å²) in [5.74, 6) is 0. The fourth-order valence-corrected chi connectivity index (χ4v) is 0.941. The molecule has 0 aromatic carbocycles. The zero-order chi connectivity index (χ0) is 10.3. The monoisotopic (exact) mass is 214 g/mol. The highest BCUT2D eigenvalue weighted by Crippen LogP contribution is 1.98. The Morgan fingerprint density at radius 3 is 2.00 bits per heavy atom. The van der Waals surface area contributed by atoms with Gasteiger partial charge in [-0.25, -0.2) is 4.18 Å². The van der Waals surface area contributed by atoms with Gasteiger partial charge in [0.15, 0.2) is 6.29 Å². The topological polar surface area (TPSA) is 82.1 Å². The maximum atomic E-state index is 10.2. The van der Waals surface area contributed by atoms with E-state index in [1.54, 1.807) is 13.8 Å². The first-order chi connectivity index (χ1) is 5.99. The Balaban J connectivity index is 3.81. The molecule has 0 radical (unpaired) electrons. The van der Waals surface area contributed by atoms with Crippen molar-refractivity contribution in [2.75, 3.05) is 19.8 Å². The fourth-order valence-electron chi connectivity index (χ4n) is 0.658. The lowest BCUT2D eigenvalue weighted by Crippen LogP contribution is -2.25. The molecule has 0 atom stereocenters. The Morgan fingerprint density at radius 2 is 1.69 bits per heavy atom. The summed E-state index contributed by atoms with van der Waals surface area (Å²) in [7, 11) is -4.42. The third kappa shape index (κ3) is 8.13. The van der Waals surface area contributed by atoms with Gasteiger partial charge in [0.2, 0.25) is 0 Å². The van der Waals surface area contributed by atoms with Crippen molar-refractivity contribution in [2.24, 2.45) is 0 Å². The van der Waals surface area contributed by atoms with Crippen LogP contribution in [0.1, 0.15) is 13.8 Å². The predicted octanol–water partition coefficient (Wildman–Crippen LogP) is 0.205. The third-order valence-corrected chi connectivity index (χ3v) is 1.49. The summed E-state index contributed by atoms with van der Waals surface area (Å²) >= 11 is 0. The SMILES string of the molecule is CCOC(COS(=O)(=O)O)OCC. The van der Waals surface area contributed by atoms with Crippen LogP contribution in [-0.2, 0) is 24.1 Å². The third-order valence-electron chi connectivity index (χ3n) is 1.06. The average molecular weight is 214 g/mol. The highest BCUT2D eigenvalue weighted by Gasteiger charge is 2.13. The molecule has 0 saturated heterocycles. The molecule has 0 bridgehead atoms. The fraction of sp³-hybridized carbons (Fsp3) is 1.00. The molecule has 0 aromatic heterocycles. The second-order valence-electron chi connectivity index (χ2n) is 2.05. The van der Waals surface area contributed by atoms with Crippen LogP contribution in [0.5, 0.6) is 0 Å². The summed E-state index contributed by atoms with van der Waals surface area (Å²) in [6.07, 6.45) is -0.767. The van der Waals surface area contributed by atoms with E-state index in [2.05, 4.69) is 4.18 Å². The summed E-state index contributed by atoms with van der Waals surface area (Å²) in [4.78, 5) is 0. The van der Waals surface area contributed by atoms with E-state index < -0.39 is 16.7 Å². The lowest BCUT2D eigenvalue weighted by molar-refractivity contribution is -0.152. The first kappa shape index (κ1) is 12.8. The van der Waals surface area contributed by atoms with Crippen molar-refractivity contribution in [3.63, 3.8) is 0 Å². The molecule has 0 fully saturated rings. The Morgan fingerprint density at radius 1 is 1.23 bits per heavy atom. The quantitative estimate of drug-likeness (QED) is 0.481. The van der Waals surface area contributed by atoms with Gasteiger partial charge in [-0.3, -0.25) is 4.55 Å². The lowest BCUT2D eigenvalue weighted by Gasteiger charge is -2.15. The van der Waals surface area contributed by atoms with Gasteiger partial charge < -0.3 is 9.47 Å². The Hall–Kier alpha value is -0.210. The highest BCUT2D eigenvalue weighted by atomic mass is 32.3. The maximum Gasteiger partial charge on any atom is 0.397 e. The molecular weight excluding hydrogens is 200 g/mol. The molecule has 7 heteroatoms. The Labute approximate surface area is 77.7 Å². The van der Waals surface area contributed by atoms with E-state index in [0.29, 0.717) is 13.2 Å². The van der Waals surface area contributed by atoms with Gasteiger partial charge in [0.25, 0.3) is 0 Å². The number of ether oxygens (including phenoxy) is 2. The number of hydrogen-bond acceptors (Lipinski definition) is 5. The van der Waals surface area contributed by atoms with E-state index in [1.807, 2.05) is 0 Å². The van der Waals surface area contributed by atoms with Gasteiger partial charge in [0.1, 0.15) is 6.61 Å². The molecule has 0 amide bonds. The van der Waals surface area contributed by atoms with E-state index in [1.165, 1.54) is 0 Å². The zero-order valence-electron chi connectivity index (χ0n) is 7.60. The first-order valence-corrected chi connectivity index (χ1v) is 5.21. The summed E-state index contributed by atoms with van der Waals surface area (Å²) in [5, 5.41) is 0. The van der Waals surface area contributed by atoms with Crippen molar-refractivity contribution < 1.29 is 26.6 Å². The Kier molecular flexibility index (Phi) is 6.17. The maximum absolute atomic E-state index is 10.2. The average Bonchev–Trinajstić information content (AvgIpc) is 2.00. The molecule has 0 aliphatic rings. The van der Waals surface area contributed by atoms with Gasteiger partial charge >= 0.3 is 10.4 Å². The lowest BCUT2D eigenvalue weighted by atomic mass is 10.6. The second-order valence-corrected chi connectivity index (χ2v) is 3.14. The van der Waals surface area contributed by atoms with Gasteiger partial charge in [-0.2, -0.15) is 8.42 Å². The normalized spacial score (nSPS) is 12.3. The second kappa shape index (κ2) is 6.28. The molecule has 0 aromatic rings. The molecule has 0 aliphatic heterocycles. The summed E-state index contributed by atoms with van der Waals surface area (Å²) in [6, 6.07) is 0. The minimum atomic E-state index is -4.42. The van der Waals surface area contributed by atoms with Crippen LogP contribution in [0.25, 0.3) is 0 Å². The summed E-state index contributed by atoms with van der Waals surface area (Å²) in [5.41, 5.74) is 0. The van der Waals surface area contributed by atoms with Gasteiger partial charge in [-0.15, -0.1) is 0 Å². The van der Waals surface area contributed by atoms with Crippen LogP contribution in [0.15, 0.2) is 0 Å². The van der Waals surface area contributed by atoms with Crippen LogP contribution < -0.4 is 0 Å². The zero-order valence-corrected chi connectivity index (χ0v) is 8.41. The molecule has 80 valence electrons. The van der Waals surface area contributed by atoms with Crippen LogP contribution in [-0.4, -0.2) is 39.1 Å². The molecule has 0 saturated carbocycles. The van der Waals surface area contributed by atoms with Crippen LogP contribution in [0.4, 0.5) is 0 Å². The van der Waals surface area contributed by atoms with Crippen LogP contribution in [0.3, 0.4) is 0 Å². The van der Waals surface area contributed by atoms with Crippen molar-refractivity contribution in [2.45, 2.75) is 20.1 Å². The minimum Gasteiger partial charge on any atom is -0.350 e. The highest BCUT2D eigenvalue weighted by molar-refractivity contribution is 7.80. The molecule has 0 spiro atoms. The first-order valence-electron chi connectivity index (χ1n) is 3.84. The van der Waals surface area contributed by atoms with E-state index in [0.717, 1.165) is 0 Å². The van der Waals surface area contributed by atoms with E-state index in [-0.39, 0.29) is 6.61 Å². The van der Waals surface area contributed by atoms with Gasteiger partial charge in [-0.05, 0) is 13.8 Å². The van der Waals surface area contributed by atoms with Crippen LogP contribution >= 0.6 is 0 Å². The summed E-state index contributed by atoms with van der Waals surface area (Å²) in [6.45, 7) is 3.87. The summed E-state index contributed by atoms with van der Waals surface area (Å²) < 4.78 is 42.6. The van der Waals surface area contributed by atoms with Gasteiger partial charge in [0, 0.05) is 13.2 Å². The predicted molar refractivity (Wildman–Crippen MR) is 44.5 cm³/mol. The minimum absolute atomic E-state index is 0.347. The standard InChI is InChI=1S/C6H14O6S/c1-3-10-6(11-4-2)5-12-13(7,8)9/h6H,3-5H2,1-2H3,(H,7,8,9). The number of hydrogen-bond donors (Lipinski definition) is 1. The van der Waals surface area contributed by atoms with Crippen LogP contribution in [0.2, 0.25) is 0 Å². The number of rotatable bonds is 7. The smallest absolute Gasteiger partial charge is 0.350 e. The van der Waals surface area contributed by atoms with Crippen LogP contribution in [0, 0.1) is 0 Å². The largest absolute Gasteiger partial charge is 0.397 e. The van der Waals surface area contributed by atoms with Crippen molar-refractivity contribution in [3.8, 4) is 0 Å². The van der Waals surface area contributed by atoms with Gasteiger partial charge in [0.05, 0.1) is 0 Å². The van der Waals surface area contributed by atoms with Crippen molar-refractivity contribution in [3.05, 3.63) is 0 Å². The van der Waals surface area contributed by atoms with Crippen molar-refractivity contribution >= 4 is 10.4 Å². The molecule has 0 unspecified atom stereocenters. The molecular formula is C6H14O6S. The molecule has 13 heavy (non-hydrogen) atoms. The molecule has 0 heterocycles. The van der Waals surface area contributed by atoms with E-state index in [9.17, 15) is 8.42 Å². The molecule has 0 aliphatic carbocycles. The van der Waals surface area contributed by atoms with E-state index in [4.69, 9.17) is 14.0 Å². The Bertz CT molecular complexity index is 205. The molecule has 0 rings (SSSR count). The van der Waals surface area contributed by atoms with Crippen molar-refractivity contribution in [1.82, 2.24) is 0 Å². The van der Waals surface area contributed by atoms with Gasteiger partial charge in [-0.1, -0.05) is 0 Å². The van der Waals surface area contributed by atoms with Crippen molar-refractivity contribution in [1.29, 1.82) is 0 Å². The van der Waals surface area contributed by atoms with E-state index >= 15 is 0 Å². The molecule has 1 N–H and O–H groups in total. The molecule has 6 nitrogen and oxygen atoms in total.